The van der Waals surface area contributed by atoms with E-state index >= 15 is 0 Å². The van der Waals surface area contributed by atoms with E-state index in [1.165, 1.54) is 0 Å². The molecule has 1 aromatic heterocycles. The Balaban J connectivity index is 1.59. The molecule has 0 saturated carbocycles. The number of rotatable bonds is 2. The van der Waals surface area contributed by atoms with Crippen molar-refractivity contribution in [3.05, 3.63) is 89.4 Å². The highest BCUT2D eigenvalue weighted by Crippen LogP contribution is 2.25. The molecule has 0 radical (unpaired) electrons. The quantitative estimate of drug-likeness (QED) is 0.307. The molecular formula is C23H14ClN3O. The van der Waals surface area contributed by atoms with Gasteiger partial charge in [0.15, 0.2) is 0 Å². The Morgan fingerprint density at radius 1 is 0.786 bits per heavy atom. The average molecular weight is 384 g/mol. The summed E-state index contributed by atoms with van der Waals surface area (Å²) in [7, 11) is 0. The fourth-order valence-electron chi connectivity index (χ4n) is 3.29. The Hall–Kier alpha value is -3.50. The number of hydrogen-bond acceptors (Lipinski definition) is 3. The van der Waals surface area contributed by atoms with Crippen LogP contribution in [0, 0.1) is 0 Å². The predicted molar refractivity (Wildman–Crippen MR) is 114 cm³/mol. The summed E-state index contributed by atoms with van der Waals surface area (Å²) in [6.45, 7) is 0. The van der Waals surface area contributed by atoms with Crippen molar-refractivity contribution in [1.29, 1.82) is 0 Å². The maximum Gasteiger partial charge on any atom is 0.255 e. The first-order chi connectivity index (χ1) is 13.7. The number of aromatic nitrogens is 2. The Bertz CT molecular complexity index is 1360. The van der Waals surface area contributed by atoms with E-state index in [1.54, 1.807) is 36.4 Å². The molecule has 5 aromatic rings. The largest absolute Gasteiger partial charge is 0.322 e. The lowest BCUT2D eigenvalue weighted by molar-refractivity contribution is 0.102. The van der Waals surface area contributed by atoms with Crippen molar-refractivity contribution in [3.63, 3.8) is 0 Å². The number of halogens is 1. The molecule has 0 aliphatic carbocycles. The highest BCUT2D eigenvalue weighted by atomic mass is 35.5. The minimum atomic E-state index is -0.205. The van der Waals surface area contributed by atoms with E-state index in [2.05, 4.69) is 11.4 Å². The molecule has 0 unspecified atom stereocenters. The molecule has 0 saturated heterocycles. The minimum Gasteiger partial charge on any atom is -0.322 e. The number of amides is 1. The lowest BCUT2D eigenvalue weighted by Gasteiger charge is -2.08. The van der Waals surface area contributed by atoms with E-state index in [9.17, 15) is 4.79 Å². The van der Waals surface area contributed by atoms with Gasteiger partial charge in [-0.25, -0.2) is 9.97 Å². The molecular weight excluding hydrogens is 370 g/mol. The Morgan fingerprint density at radius 2 is 1.57 bits per heavy atom. The first-order valence-corrected chi connectivity index (χ1v) is 9.21. The smallest absolute Gasteiger partial charge is 0.255 e. The Morgan fingerprint density at radius 3 is 2.43 bits per heavy atom. The highest BCUT2D eigenvalue weighted by molar-refractivity contribution is 6.30. The van der Waals surface area contributed by atoms with E-state index in [4.69, 9.17) is 21.6 Å². The van der Waals surface area contributed by atoms with Crippen molar-refractivity contribution in [2.75, 3.05) is 5.32 Å². The van der Waals surface area contributed by atoms with Crippen molar-refractivity contribution in [2.45, 2.75) is 0 Å². The molecule has 0 spiro atoms. The second-order valence-corrected chi connectivity index (χ2v) is 6.98. The van der Waals surface area contributed by atoms with Crippen LogP contribution >= 0.6 is 11.6 Å². The third kappa shape index (κ3) is 2.94. The summed E-state index contributed by atoms with van der Waals surface area (Å²) in [4.78, 5) is 22.1. The Kier molecular flexibility index (Phi) is 3.92. The molecule has 4 nitrogen and oxygen atoms in total. The van der Waals surface area contributed by atoms with Crippen molar-refractivity contribution in [3.8, 4) is 0 Å². The van der Waals surface area contributed by atoms with Crippen molar-refractivity contribution < 1.29 is 4.79 Å². The van der Waals surface area contributed by atoms with Crippen LogP contribution in [0.2, 0.25) is 5.02 Å². The number of carbonyl (C=O) groups excluding carboxylic acids is 1. The van der Waals surface area contributed by atoms with Crippen LogP contribution in [0.3, 0.4) is 0 Å². The van der Waals surface area contributed by atoms with Gasteiger partial charge in [0.05, 0.1) is 22.1 Å². The van der Waals surface area contributed by atoms with Crippen LogP contribution in [0.15, 0.2) is 78.9 Å². The maximum absolute atomic E-state index is 12.6. The number of nitrogens with zero attached hydrogens (tertiary/aromatic N) is 2. The normalized spacial score (nSPS) is 11.2. The SMILES string of the molecule is O=C(Nc1ccc(Cl)cc1)c1ccc2nc3ccc4ccccc4c3nc2c1. The molecule has 4 aromatic carbocycles. The van der Waals surface area contributed by atoms with Gasteiger partial charge in [-0.1, -0.05) is 41.9 Å². The van der Waals surface area contributed by atoms with Crippen LogP contribution in [-0.4, -0.2) is 15.9 Å². The van der Waals surface area contributed by atoms with Gasteiger partial charge in [0.2, 0.25) is 0 Å². The number of fused-ring (bicyclic) bond motifs is 4. The lowest BCUT2D eigenvalue weighted by atomic mass is 10.1. The van der Waals surface area contributed by atoms with E-state index in [1.807, 2.05) is 36.4 Å². The van der Waals surface area contributed by atoms with Crippen molar-refractivity contribution in [2.24, 2.45) is 0 Å². The number of benzene rings is 4. The van der Waals surface area contributed by atoms with E-state index in [0.717, 1.165) is 27.3 Å². The molecule has 0 aliphatic rings. The standard InChI is InChI=1S/C23H14ClN3O/c24-16-7-9-17(10-8-16)25-23(28)15-6-11-19-21(13-15)27-22-18-4-2-1-3-14(18)5-12-20(22)26-19/h1-13H,(H,25,28). The number of carbonyl (C=O) groups is 1. The van der Waals surface area contributed by atoms with Gasteiger partial charge in [0.25, 0.3) is 5.91 Å². The third-order valence-corrected chi connectivity index (χ3v) is 4.94. The second kappa shape index (κ2) is 6.59. The minimum absolute atomic E-state index is 0.205. The van der Waals surface area contributed by atoms with Crippen LogP contribution in [-0.2, 0) is 0 Å². The summed E-state index contributed by atoms with van der Waals surface area (Å²) in [6, 6.07) is 24.5. The molecule has 0 fully saturated rings. The molecule has 1 amide bonds. The number of nitrogens with one attached hydrogen (secondary N) is 1. The molecule has 5 rings (SSSR count). The number of anilines is 1. The van der Waals surface area contributed by atoms with Gasteiger partial charge in [-0.15, -0.1) is 0 Å². The summed E-state index contributed by atoms with van der Waals surface area (Å²) >= 11 is 5.89. The van der Waals surface area contributed by atoms with Gasteiger partial charge in [-0.2, -0.15) is 0 Å². The highest BCUT2D eigenvalue weighted by Gasteiger charge is 2.10. The van der Waals surface area contributed by atoms with E-state index < -0.39 is 0 Å². The molecule has 134 valence electrons. The van der Waals surface area contributed by atoms with Crippen LogP contribution < -0.4 is 5.32 Å². The summed E-state index contributed by atoms with van der Waals surface area (Å²) in [5.74, 6) is -0.205. The van der Waals surface area contributed by atoms with Crippen molar-refractivity contribution >= 4 is 56.0 Å². The molecule has 1 N–H and O–H groups in total. The fraction of sp³-hybridized carbons (Fsp3) is 0. The van der Waals surface area contributed by atoms with Crippen molar-refractivity contribution in [1.82, 2.24) is 9.97 Å². The zero-order valence-corrected chi connectivity index (χ0v) is 15.4. The zero-order valence-electron chi connectivity index (χ0n) is 14.7. The van der Waals surface area contributed by atoms with Crippen LogP contribution in [0.1, 0.15) is 10.4 Å². The van der Waals surface area contributed by atoms with Gasteiger partial charge in [-0.05, 0) is 53.9 Å². The Labute approximate surface area is 165 Å². The summed E-state index contributed by atoms with van der Waals surface area (Å²) in [5.41, 5.74) is 4.32. The van der Waals surface area contributed by atoms with Gasteiger partial charge in [-0.3, -0.25) is 4.79 Å². The second-order valence-electron chi connectivity index (χ2n) is 6.54. The molecule has 28 heavy (non-hydrogen) atoms. The lowest BCUT2D eigenvalue weighted by Crippen LogP contribution is -2.11. The van der Waals surface area contributed by atoms with Gasteiger partial charge in [0.1, 0.15) is 0 Å². The predicted octanol–water partition coefficient (Wildman–Crippen LogP) is 5.84. The average Bonchev–Trinajstić information content (AvgIpc) is 2.73. The molecule has 0 atom stereocenters. The van der Waals surface area contributed by atoms with Gasteiger partial charge in [0, 0.05) is 21.7 Å². The molecule has 0 bridgehead atoms. The van der Waals surface area contributed by atoms with Crippen LogP contribution in [0.5, 0.6) is 0 Å². The summed E-state index contributed by atoms with van der Waals surface area (Å²) in [6.07, 6.45) is 0. The topological polar surface area (TPSA) is 54.9 Å². The molecule has 0 aliphatic heterocycles. The molecule has 1 heterocycles. The maximum atomic E-state index is 12.6. The number of hydrogen-bond donors (Lipinski definition) is 1. The zero-order chi connectivity index (χ0) is 19.1. The third-order valence-electron chi connectivity index (χ3n) is 4.69. The van der Waals surface area contributed by atoms with E-state index in [-0.39, 0.29) is 5.91 Å². The van der Waals surface area contributed by atoms with E-state index in [0.29, 0.717) is 21.8 Å². The molecule has 5 heteroatoms. The van der Waals surface area contributed by atoms with Crippen LogP contribution in [0.25, 0.3) is 32.8 Å². The van der Waals surface area contributed by atoms with Crippen LogP contribution in [0.4, 0.5) is 5.69 Å². The summed E-state index contributed by atoms with van der Waals surface area (Å²) in [5, 5.41) is 5.65. The van der Waals surface area contributed by atoms with Gasteiger partial charge >= 0.3 is 0 Å². The fourth-order valence-corrected chi connectivity index (χ4v) is 3.41. The first kappa shape index (κ1) is 16.7. The van der Waals surface area contributed by atoms with Gasteiger partial charge < -0.3 is 5.32 Å². The first-order valence-electron chi connectivity index (χ1n) is 8.83. The summed E-state index contributed by atoms with van der Waals surface area (Å²) < 4.78 is 0. The monoisotopic (exact) mass is 383 g/mol.